The van der Waals surface area contributed by atoms with Crippen molar-refractivity contribution in [2.45, 2.75) is 50.6 Å². The van der Waals surface area contributed by atoms with Crippen LogP contribution >= 0.6 is 0 Å². The van der Waals surface area contributed by atoms with Crippen LogP contribution in [0.2, 0.25) is 0 Å². The highest BCUT2D eigenvalue weighted by molar-refractivity contribution is 7.88. The highest BCUT2D eigenvalue weighted by Gasteiger charge is 2.33. The molecule has 2 rings (SSSR count). The van der Waals surface area contributed by atoms with Gasteiger partial charge in [0.05, 0.1) is 6.26 Å². The first-order valence-corrected chi connectivity index (χ1v) is 9.30. The number of amides is 2. The maximum Gasteiger partial charge on any atom is 0.245 e. The lowest BCUT2D eigenvalue weighted by molar-refractivity contribution is -0.141. The molecule has 120 valence electrons. The predicted octanol–water partition coefficient (Wildman–Crippen LogP) is -0.415. The SMILES string of the molecule is CS(=O)(=O)NCC1CCCCN1C(=O)[C@H]1CCCC(=O)N1. The first kappa shape index (κ1) is 16.2. The monoisotopic (exact) mass is 317 g/mol. The van der Waals surface area contributed by atoms with Gasteiger partial charge in [-0.3, -0.25) is 9.59 Å². The number of hydrogen-bond donors (Lipinski definition) is 2. The minimum absolute atomic E-state index is 0.0805. The Kier molecular flexibility index (Phi) is 5.21. The van der Waals surface area contributed by atoms with Gasteiger partial charge in [-0.25, -0.2) is 13.1 Å². The number of sulfonamides is 1. The number of likely N-dealkylation sites (tertiary alicyclic amines) is 1. The summed E-state index contributed by atoms with van der Waals surface area (Å²) < 4.78 is 24.9. The molecule has 2 N–H and O–H groups in total. The van der Waals surface area contributed by atoms with Crippen molar-refractivity contribution in [2.75, 3.05) is 19.3 Å². The zero-order valence-corrected chi connectivity index (χ0v) is 13.1. The maximum absolute atomic E-state index is 12.6. The van der Waals surface area contributed by atoms with Crippen molar-refractivity contribution in [3.05, 3.63) is 0 Å². The molecule has 2 fully saturated rings. The molecular formula is C13H23N3O4S. The summed E-state index contributed by atoms with van der Waals surface area (Å²) in [6.07, 6.45) is 5.66. The quantitative estimate of drug-likeness (QED) is 0.736. The third kappa shape index (κ3) is 4.67. The minimum atomic E-state index is -3.26. The van der Waals surface area contributed by atoms with E-state index in [-0.39, 0.29) is 24.4 Å². The molecule has 0 aromatic heterocycles. The third-order valence-corrected chi connectivity index (χ3v) is 4.71. The van der Waals surface area contributed by atoms with Crippen LogP contribution in [0, 0.1) is 0 Å². The van der Waals surface area contributed by atoms with E-state index in [0.29, 0.717) is 19.4 Å². The summed E-state index contributed by atoms with van der Waals surface area (Å²) in [6.45, 7) is 0.868. The van der Waals surface area contributed by atoms with Crippen LogP contribution in [0.25, 0.3) is 0 Å². The first-order chi connectivity index (χ1) is 9.87. The predicted molar refractivity (Wildman–Crippen MR) is 78.0 cm³/mol. The van der Waals surface area contributed by atoms with Crippen molar-refractivity contribution in [1.29, 1.82) is 0 Å². The van der Waals surface area contributed by atoms with Crippen LogP contribution in [0.15, 0.2) is 0 Å². The summed E-state index contributed by atoms with van der Waals surface area (Å²) in [5, 5.41) is 2.74. The maximum atomic E-state index is 12.6. The van der Waals surface area contributed by atoms with Gasteiger partial charge >= 0.3 is 0 Å². The van der Waals surface area contributed by atoms with E-state index < -0.39 is 16.1 Å². The molecular weight excluding hydrogens is 294 g/mol. The molecule has 0 aliphatic carbocycles. The van der Waals surface area contributed by atoms with E-state index in [1.807, 2.05) is 0 Å². The molecule has 21 heavy (non-hydrogen) atoms. The van der Waals surface area contributed by atoms with Gasteiger partial charge in [-0.05, 0) is 32.1 Å². The van der Waals surface area contributed by atoms with Gasteiger partial charge in [0.1, 0.15) is 6.04 Å². The number of rotatable bonds is 4. The summed E-state index contributed by atoms with van der Waals surface area (Å²) in [7, 11) is -3.26. The molecule has 1 unspecified atom stereocenters. The van der Waals surface area contributed by atoms with E-state index in [4.69, 9.17) is 0 Å². The normalized spacial score (nSPS) is 27.3. The molecule has 0 bridgehead atoms. The molecule has 2 aliphatic heterocycles. The van der Waals surface area contributed by atoms with Crippen LogP contribution < -0.4 is 10.0 Å². The fraction of sp³-hybridized carbons (Fsp3) is 0.846. The average Bonchev–Trinajstić information content (AvgIpc) is 2.44. The molecule has 2 heterocycles. The minimum Gasteiger partial charge on any atom is -0.344 e. The lowest BCUT2D eigenvalue weighted by Crippen LogP contribution is -2.56. The Balaban J connectivity index is 2.00. The molecule has 2 saturated heterocycles. The number of carbonyl (C=O) groups is 2. The van der Waals surface area contributed by atoms with Crippen LogP contribution in [0.4, 0.5) is 0 Å². The molecule has 8 heteroatoms. The molecule has 7 nitrogen and oxygen atoms in total. The second kappa shape index (κ2) is 6.74. The Hall–Kier alpha value is -1.15. The Morgan fingerprint density at radius 2 is 2.10 bits per heavy atom. The molecule has 2 amide bonds. The van der Waals surface area contributed by atoms with Gasteiger partial charge in [0.15, 0.2) is 0 Å². The summed E-state index contributed by atoms with van der Waals surface area (Å²) in [5.41, 5.74) is 0. The van der Waals surface area contributed by atoms with Gasteiger partial charge < -0.3 is 10.2 Å². The van der Waals surface area contributed by atoms with Gasteiger partial charge in [0.25, 0.3) is 0 Å². The molecule has 0 spiro atoms. The fourth-order valence-corrected chi connectivity index (χ4v) is 3.44. The number of carbonyl (C=O) groups excluding carboxylic acids is 2. The van der Waals surface area contributed by atoms with Crippen molar-refractivity contribution in [3.63, 3.8) is 0 Å². The Bertz CT molecular complexity index is 506. The van der Waals surface area contributed by atoms with Crippen LogP contribution in [-0.4, -0.2) is 56.6 Å². The summed E-state index contributed by atoms with van der Waals surface area (Å²) in [4.78, 5) is 25.7. The number of nitrogens with one attached hydrogen (secondary N) is 2. The lowest BCUT2D eigenvalue weighted by Gasteiger charge is -2.38. The Morgan fingerprint density at radius 1 is 1.33 bits per heavy atom. The second-order valence-electron chi connectivity index (χ2n) is 5.81. The molecule has 0 aromatic carbocycles. The van der Waals surface area contributed by atoms with Crippen molar-refractivity contribution >= 4 is 21.8 Å². The summed E-state index contributed by atoms with van der Waals surface area (Å²) in [6, 6.07) is -0.579. The van der Waals surface area contributed by atoms with Crippen LogP contribution in [-0.2, 0) is 19.6 Å². The Morgan fingerprint density at radius 3 is 2.76 bits per heavy atom. The van der Waals surface area contributed by atoms with Crippen molar-refractivity contribution in [2.24, 2.45) is 0 Å². The van der Waals surface area contributed by atoms with Gasteiger partial charge in [0, 0.05) is 25.6 Å². The molecule has 0 radical (unpaired) electrons. The summed E-state index contributed by atoms with van der Waals surface area (Å²) in [5.74, 6) is -0.162. The lowest BCUT2D eigenvalue weighted by atomic mass is 9.98. The van der Waals surface area contributed by atoms with Crippen molar-refractivity contribution in [1.82, 2.24) is 14.9 Å². The molecule has 2 atom stereocenters. The topological polar surface area (TPSA) is 95.6 Å². The standard InChI is InChI=1S/C13H23N3O4S/c1-21(19,20)14-9-10-5-2-3-8-16(10)13(18)11-6-4-7-12(17)15-11/h10-11,14H,2-9H2,1H3,(H,15,17)/t10?,11-/m1/s1. The molecule has 0 saturated carbocycles. The average molecular weight is 317 g/mol. The smallest absolute Gasteiger partial charge is 0.245 e. The van der Waals surface area contributed by atoms with Crippen molar-refractivity contribution in [3.8, 4) is 0 Å². The Labute approximate surface area is 125 Å². The van der Waals surface area contributed by atoms with Gasteiger partial charge in [-0.15, -0.1) is 0 Å². The van der Waals surface area contributed by atoms with Gasteiger partial charge in [-0.2, -0.15) is 0 Å². The fourth-order valence-electron chi connectivity index (χ4n) is 2.94. The van der Waals surface area contributed by atoms with Gasteiger partial charge in [-0.1, -0.05) is 0 Å². The number of nitrogens with zero attached hydrogens (tertiary/aromatic N) is 1. The third-order valence-electron chi connectivity index (χ3n) is 4.02. The van der Waals surface area contributed by atoms with E-state index in [9.17, 15) is 18.0 Å². The molecule has 0 aromatic rings. The summed E-state index contributed by atoms with van der Waals surface area (Å²) >= 11 is 0. The van der Waals surface area contributed by atoms with Crippen LogP contribution in [0.1, 0.15) is 38.5 Å². The second-order valence-corrected chi connectivity index (χ2v) is 7.65. The van der Waals surface area contributed by atoms with Crippen molar-refractivity contribution < 1.29 is 18.0 Å². The van der Waals surface area contributed by atoms with Gasteiger partial charge in [0.2, 0.25) is 21.8 Å². The number of hydrogen-bond acceptors (Lipinski definition) is 4. The van der Waals surface area contributed by atoms with E-state index in [1.54, 1.807) is 4.90 Å². The van der Waals surface area contributed by atoms with E-state index >= 15 is 0 Å². The largest absolute Gasteiger partial charge is 0.344 e. The highest BCUT2D eigenvalue weighted by atomic mass is 32.2. The van der Waals surface area contributed by atoms with Crippen LogP contribution in [0.3, 0.4) is 0 Å². The zero-order valence-electron chi connectivity index (χ0n) is 12.3. The molecule has 2 aliphatic rings. The number of piperidine rings is 2. The van der Waals surface area contributed by atoms with E-state index in [2.05, 4.69) is 10.0 Å². The zero-order chi connectivity index (χ0) is 15.5. The first-order valence-electron chi connectivity index (χ1n) is 7.41. The van der Waals surface area contributed by atoms with Crippen LogP contribution in [0.5, 0.6) is 0 Å². The highest BCUT2D eigenvalue weighted by Crippen LogP contribution is 2.20. The van der Waals surface area contributed by atoms with E-state index in [0.717, 1.165) is 31.9 Å². The van der Waals surface area contributed by atoms with E-state index in [1.165, 1.54) is 0 Å².